The fourth-order valence-electron chi connectivity index (χ4n) is 3.07. The van der Waals surface area contributed by atoms with Crippen molar-refractivity contribution in [3.05, 3.63) is 72.7 Å². The monoisotopic (exact) mass is 496 g/mol. The SMILES string of the molecule is CC(C)S(=O)(=O)NCC1(Nc2ccccc2)C(F)=CN=C(Nc2ccccc2)N1S(N)(=O)=O. The van der Waals surface area contributed by atoms with Gasteiger partial charge in [0.1, 0.15) is 0 Å². The van der Waals surface area contributed by atoms with Crippen LogP contribution < -0.4 is 20.5 Å². The molecule has 0 amide bonds. The van der Waals surface area contributed by atoms with Crippen LogP contribution in [-0.2, 0) is 20.2 Å². The van der Waals surface area contributed by atoms with E-state index in [0.29, 0.717) is 15.7 Å². The van der Waals surface area contributed by atoms with Gasteiger partial charge < -0.3 is 10.6 Å². The van der Waals surface area contributed by atoms with Gasteiger partial charge in [0.15, 0.2) is 11.5 Å². The number of hydrogen-bond acceptors (Lipinski definition) is 7. The van der Waals surface area contributed by atoms with Crippen molar-refractivity contribution in [3.63, 3.8) is 0 Å². The van der Waals surface area contributed by atoms with Crippen molar-refractivity contribution in [2.24, 2.45) is 10.1 Å². The van der Waals surface area contributed by atoms with Crippen molar-refractivity contribution in [1.29, 1.82) is 0 Å². The predicted octanol–water partition coefficient (Wildman–Crippen LogP) is 1.92. The summed E-state index contributed by atoms with van der Waals surface area (Å²) in [4.78, 5) is 3.89. The maximum absolute atomic E-state index is 15.5. The summed E-state index contributed by atoms with van der Waals surface area (Å²) in [5.41, 5.74) is -1.51. The summed E-state index contributed by atoms with van der Waals surface area (Å²) in [6.45, 7) is 2.17. The second-order valence-electron chi connectivity index (χ2n) is 7.50. The Labute approximate surface area is 192 Å². The molecule has 13 heteroatoms. The molecule has 0 spiro atoms. The van der Waals surface area contributed by atoms with E-state index in [2.05, 4.69) is 20.3 Å². The number of nitrogens with one attached hydrogen (secondary N) is 3. The van der Waals surface area contributed by atoms with E-state index in [4.69, 9.17) is 5.14 Å². The van der Waals surface area contributed by atoms with Crippen molar-refractivity contribution < 1.29 is 21.2 Å². The van der Waals surface area contributed by atoms with Crippen molar-refractivity contribution in [2.45, 2.75) is 24.8 Å². The van der Waals surface area contributed by atoms with E-state index in [1.165, 1.54) is 13.8 Å². The van der Waals surface area contributed by atoms with Gasteiger partial charge in [0.25, 0.3) is 0 Å². The van der Waals surface area contributed by atoms with E-state index >= 15 is 4.39 Å². The fourth-order valence-corrected chi connectivity index (χ4v) is 4.78. The van der Waals surface area contributed by atoms with Gasteiger partial charge in [-0.05, 0) is 38.1 Å². The summed E-state index contributed by atoms with van der Waals surface area (Å²) in [7, 11) is -8.58. The van der Waals surface area contributed by atoms with Crippen LogP contribution in [0.2, 0.25) is 0 Å². The summed E-state index contributed by atoms with van der Waals surface area (Å²) in [6, 6.07) is 16.6. The first kappa shape index (κ1) is 24.6. The van der Waals surface area contributed by atoms with Crippen LogP contribution >= 0.6 is 0 Å². The molecule has 178 valence electrons. The minimum absolute atomic E-state index is 0.319. The number of halogens is 1. The maximum atomic E-state index is 15.5. The summed E-state index contributed by atoms with van der Waals surface area (Å²) >= 11 is 0. The third-order valence-corrected chi connectivity index (χ3v) is 7.57. The highest BCUT2D eigenvalue weighted by Crippen LogP contribution is 2.33. The second kappa shape index (κ2) is 9.47. The zero-order valence-corrected chi connectivity index (χ0v) is 19.6. The molecule has 0 radical (unpaired) electrons. The lowest BCUT2D eigenvalue weighted by atomic mass is 10.1. The smallest absolute Gasteiger partial charge is 0.303 e. The van der Waals surface area contributed by atoms with Gasteiger partial charge in [-0.2, -0.15) is 12.7 Å². The van der Waals surface area contributed by atoms with Crippen LogP contribution in [0.4, 0.5) is 15.8 Å². The first-order valence-electron chi connectivity index (χ1n) is 9.86. The van der Waals surface area contributed by atoms with Crippen LogP contribution in [0, 0.1) is 0 Å². The van der Waals surface area contributed by atoms with E-state index in [9.17, 15) is 16.8 Å². The number of sulfonamides is 1. The summed E-state index contributed by atoms with van der Waals surface area (Å²) in [6.07, 6.45) is 0.812. The molecule has 2 aromatic rings. The maximum Gasteiger partial charge on any atom is 0.303 e. The Morgan fingerprint density at radius 3 is 2.06 bits per heavy atom. The third kappa shape index (κ3) is 5.50. The minimum Gasteiger partial charge on any atom is -0.355 e. The molecule has 0 saturated heterocycles. The number of hydrogen-bond donors (Lipinski definition) is 4. The standard InChI is InChI=1S/C20H25FN6O4S2/c1-15(2)32(28,29)24-14-20(26-17-11-7-4-8-12-17)18(21)13-23-19(27(20)33(22,30)31)25-16-9-5-3-6-10-16/h3-13,15,24,26H,14H2,1-2H3,(H,23,25)(H2,22,30,31). The molecule has 33 heavy (non-hydrogen) atoms. The number of para-hydroxylation sites is 2. The van der Waals surface area contributed by atoms with E-state index in [1.807, 2.05) is 0 Å². The number of nitrogens with two attached hydrogens (primary N) is 1. The molecule has 3 rings (SSSR count). The zero-order chi connectivity index (χ0) is 24.3. The van der Waals surface area contributed by atoms with Gasteiger partial charge in [-0.25, -0.2) is 27.7 Å². The van der Waals surface area contributed by atoms with Gasteiger partial charge in [-0.3, -0.25) is 0 Å². The predicted molar refractivity (Wildman–Crippen MR) is 126 cm³/mol. The highest BCUT2D eigenvalue weighted by Gasteiger charge is 2.51. The number of nitrogens with zero attached hydrogens (tertiary/aromatic N) is 2. The summed E-state index contributed by atoms with van der Waals surface area (Å²) in [5.74, 6) is -1.39. The molecule has 0 fully saturated rings. The van der Waals surface area contributed by atoms with Gasteiger partial charge in [0, 0.05) is 11.4 Å². The average molecular weight is 497 g/mol. The zero-order valence-electron chi connectivity index (χ0n) is 17.9. The first-order valence-corrected chi connectivity index (χ1v) is 12.9. The Balaban J connectivity index is 2.14. The van der Waals surface area contributed by atoms with Crippen molar-refractivity contribution in [3.8, 4) is 0 Å². The number of anilines is 2. The lowest BCUT2D eigenvalue weighted by molar-refractivity contribution is 0.288. The minimum atomic E-state index is -4.68. The average Bonchev–Trinajstić information content (AvgIpc) is 2.75. The van der Waals surface area contributed by atoms with Crippen LogP contribution in [0.5, 0.6) is 0 Å². The molecular weight excluding hydrogens is 471 g/mol. The number of aliphatic imine (C=N–C) groups is 1. The van der Waals surface area contributed by atoms with E-state index in [0.717, 1.165) is 6.20 Å². The lowest BCUT2D eigenvalue weighted by Crippen LogP contribution is -2.68. The molecule has 1 heterocycles. The van der Waals surface area contributed by atoms with Crippen LogP contribution in [0.3, 0.4) is 0 Å². The molecule has 0 aromatic heterocycles. The quantitative estimate of drug-likeness (QED) is 0.439. The first-order chi connectivity index (χ1) is 15.5. The van der Waals surface area contributed by atoms with Gasteiger partial charge in [-0.15, -0.1) is 0 Å². The largest absolute Gasteiger partial charge is 0.355 e. The fraction of sp³-hybridized carbons (Fsp3) is 0.250. The molecule has 1 unspecified atom stereocenters. The molecule has 1 aliphatic rings. The highest BCUT2D eigenvalue weighted by molar-refractivity contribution is 7.90. The molecule has 10 nitrogen and oxygen atoms in total. The molecule has 0 saturated carbocycles. The molecule has 0 bridgehead atoms. The number of rotatable bonds is 8. The molecule has 2 aromatic carbocycles. The molecule has 1 aliphatic heterocycles. The Hall–Kier alpha value is -3.00. The van der Waals surface area contributed by atoms with Gasteiger partial charge in [0.2, 0.25) is 16.0 Å². The molecule has 5 N–H and O–H groups in total. The van der Waals surface area contributed by atoms with Crippen LogP contribution in [0.25, 0.3) is 0 Å². The van der Waals surface area contributed by atoms with Crippen LogP contribution in [-0.4, -0.2) is 44.6 Å². The van der Waals surface area contributed by atoms with E-state index in [-0.39, 0.29) is 5.96 Å². The van der Waals surface area contributed by atoms with Crippen molar-refractivity contribution in [1.82, 2.24) is 9.03 Å². The van der Waals surface area contributed by atoms with Crippen LogP contribution in [0.1, 0.15) is 13.8 Å². The molecule has 1 atom stereocenters. The molecular formula is C20H25FN6O4S2. The summed E-state index contributed by atoms with van der Waals surface area (Å²) < 4.78 is 68.8. The van der Waals surface area contributed by atoms with Gasteiger partial charge >= 0.3 is 10.2 Å². The highest BCUT2D eigenvalue weighted by atomic mass is 32.2. The molecule has 0 aliphatic carbocycles. The van der Waals surface area contributed by atoms with Gasteiger partial charge in [0.05, 0.1) is 18.0 Å². The topological polar surface area (TPSA) is 146 Å². The van der Waals surface area contributed by atoms with E-state index < -0.39 is 43.5 Å². The number of guanidine groups is 1. The van der Waals surface area contributed by atoms with Crippen molar-refractivity contribution >= 4 is 37.6 Å². The van der Waals surface area contributed by atoms with Crippen molar-refractivity contribution in [2.75, 3.05) is 17.2 Å². The second-order valence-corrected chi connectivity index (χ2v) is 11.2. The third-order valence-electron chi connectivity index (χ3n) is 4.79. The lowest BCUT2D eigenvalue weighted by Gasteiger charge is -2.44. The Bertz CT molecular complexity index is 1250. The Morgan fingerprint density at radius 1 is 1.00 bits per heavy atom. The Morgan fingerprint density at radius 2 is 1.55 bits per heavy atom. The Kier molecular flexibility index (Phi) is 7.07. The van der Waals surface area contributed by atoms with E-state index in [1.54, 1.807) is 60.7 Å². The summed E-state index contributed by atoms with van der Waals surface area (Å²) in [5, 5.41) is 10.3. The normalized spacial score (nSPS) is 19.1. The van der Waals surface area contributed by atoms with Crippen LogP contribution in [0.15, 0.2) is 77.7 Å². The van der Waals surface area contributed by atoms with Gasteiger partial charge in [-0.1, -0.05) is 36.4 Å². The number of benzene rings is 2.